The fourth-order valence-corrected chi connectivity index (χ4v) is 2.55. The second kappa shape index (κ2) is 11.5. The number of benzene rings is 2. The second-order valence-corrected chi connectivity index (χ2v) is 6.16. The zero-order chi connectivity index (χ0) is 21.9. The fraction of sp³-hybridized carbons (Fsp3) is 0.273. The number of carbonyl (C=O) groups excluding carboxylic acids is 2. The van der Waals surface area contributed by atoms with E-state index in [-0.39, 0.29) is 24.1 Å². The SMILES string of the molecule is CCOc1cc(/C=C/C(=O)OCC(=O)N[C@@H](C)c2ccccc2)ccc1OC(F)F. The van der Waals surface area contributed by atoms with Gasteiger partial charge in [0.1, 0.15) is 0 Å². The highest BCUT2D eigenvalue weighted by atomic mass is 19.3. The molecule has 6 nitrogen and oxygen atoms in total. The summed E-state index contributed by atoms with van der Waals surface area (Å²) in [5.74, 6) is -1.12. The molecule has 0 aliphatic rings. The van der Waals surface area contributed by atoms with Gasteiger partial charge in [0.05, 0.1) is 12.6 Å². The number of esters is 1. The minimum Gasteiger partial charge on any atom is -0.490 e. The van der Waals surface area contributed by atoms with Crippen LogP contribution in [0.1, 0.15) is 31.0 Å². The summed E-state index contributed by atoms with van der Waals surface area (Å²) >= 11 is 0. The Morgan fingerprint density at radius 3 is 2.50 bits per heavy atom. The number of hydrogen-bond acceptors (Lipinski definition) is 5. The Morgan fingerprint density at radius 1 is 1.10 bits per heavy atom. The summed E-state index contributed by atoms with van der Waals surface area (Å²) in [6.07, 6.45) is 2.55. The first-order valence-electron chi connectivity index (χ1n) is 9.29. The largest absolute Gasteiger partial charge is 0.490 e. The molecule has 0 bridgehead atoms. The number of alkyl halides is 2. The standard InChI is InChI=1S/C22H23F2NO5/c1-3-28-19-13-16(9-11-18(19)30-22(23)24)10-12-21(27)29-14-20(26)25-15(2)17-7-5-4-6-8-17/h4-13,15,22H,3,14H2,1-2H3,(H,25,26)/b12-10+/t15-/m0/s1. The van der Waals surface area contributed by atoms with Crippen LogP contribution in [0.2, 0.25) is 0 Å². The van der Waals surface area contributed by atoms with Crippen molar-refractivity contribution < 1.29 is 32.6 Å². The van der Waals surface area contributed by atoms with Gasteiger partial charge < -0.3 is 19.5 Å². The molecule has 1 N–H and O–H groups in total. The number of ether oxygens (including phenoxy) is 3. The third kappa shape index (κ3) is 7.54. The van der Waals surface area contributed by atoms with Crippen molar-refractivity contribution in [2.24, 2.45) is 0 Å². The van der Waals surface area contributed by atoms with Gasteiger partial charge in [-0.3, -0.25) is 4.79 Å². The summed E-state index contributed by atoms with van der Waals surface area (Å²) < 4.78 is 39.5. The molecular formula is C22H23F2NO5. The molecule has 0 aliphatic heterocycles. The molecule has 0 spiro atoms. The van der Waals surface area contributed by atoms with Crippen LogP contribution in [0.3, 0.4) is 0 Å². The predicted molar refractivity (Wildman–Crippen MR) is 107 cm³/mol. The quantitative estimate of drug-likeness (QED) is 0.463. The normalized spacial score (nSPS) is 11.9. The van der Waals surface area contributed by atoms with E-state index in [4.69, 9.17) is 9.47 Å². The fourth-order valence-electron chi connectivity index (χ4n) is 2.55. The lowest BCUT2D eigenvalue weighted by Crippen LogP contribution is -2.30. The molecule has 0 fully saturated rings. The summed E-state index contributed by atoms with van der Waals surface area (Å²) in [6.45, 7) is 0.385. The van der Waals surface area contributed by atoms with Crippen LogP contribution in [0.25, 0.3) is 6.08 Å². The van der Waals surface area contributed by atoms with Gasteiger partial charge in [0, 0.05) is 6.08 Å². The average molecular weight is 419 g/mol. The zero-order valence-electron chi connectivity index (χ0n) is 16.6. The van der Waals surface area contributed by atoms with Gasteiger partial charge in [-0.15, -0.1) is 0 Å². The van der Waals surface area contributed by atoms with E-state index in [1.54, 1.807) is 6.92 Å². The van der Waals surface area contributed by atoms with Crippen LogP contribution in [0.15, 0.2) is 54.6 Å². The first kappa shape index (κ1) is 22.9. The molecule has 1 atom stereocenters. The van der Waals surface area contributed by atoms with Crippen molar-refractivity contribution in [1.82, 2.24) is 5.32 Å². The monoisotopic (exact) mass is 419 g/mol. The van der Waals surface area contributed by atoms with E-state index in [9.17, 15) is 18.4 Å². The van der Waals surface area contributed by atoms with Crippen LogP contribution in [-0.2, 0) is 14.3 Å². The van der Waals surface area contributed by atoms with Crippen LogP contribution < -0.4 is 14.8 Å². The molecule has 0 radical (unpaired) electrons. The maximum absolute atomic E-state index is 12.4. The first-order chi connectivity index (χ1) is 14.4. The van der Waals surface area contributed by atoms with Crippen LogP contribution >= 0.6 is 0 Å². The maximum Gasteiger partial charge on any atom is 0.387 e. The van der Waals surface area contributed by atoms with Gasteiger partial charge in [-0.05, 0) is 43.2 Å². The van der Waals surface area contributed by atoms with Crippen molar-refractivity contribution in [3.63, 3.8) is 0 Å². The van der Waals surface area contributed by atoms with Gasteiger partial charge in [-0.2, -0.15) is 8.78 Å². The Morgan fingerprint density at radius 2 is 1.83 bits per heavy atom. The Bertz CT molecular complexity index is 871. The highest BCUT2D eigenvalue weighted by Crippen LogP contribution is 2.30. The van der Waals surface area contributed by atoms with E-state index in [0.29, 0.717) is 5.56 Å². The lowest BCUT2D eigenvalue weighted by Gasteiger charge is -2.14. The molecule has 0 aromatic heterocycles. The molecule has 8 heteroatoms. The molecule has 30 heavy (non-hydrogen) atoms. The van der Waals surface area contributed by atoms with Gasteiger partial charge in [0.2, 0.25) is 0 Å². The minimum atomic E-state index is -2.98. The summed E-state index contributed by atoms with van der Waals surface area (Å²) in [7, 11) is 0. The van der Waals surface area contributed by atoms with Crippen LogP contribution in [0.5, 0.6) is 11.5 Å². The van der Waals surface area contributed by atoms with Crippen molar-refractivity contribution in [2.75, 3.05) is 13.2 Å². The van der Waals surface area contributed by atoms with Crippen molar-refractivity contribution in [2.45, 2.75) is 26.5 Å². The zero-order valence-corrected chi connectivity index (χ0v) is 16.6. The topological polar surface area (TPSA) is 73.9 Å². The third-order valence-corrected chi connectivity index (χ3v) is 3.92. The summed E-state index contributed by atoms with van der Waals surface area (Å²) in [4.78, 5) is 23.8. The van der Waals surface area contributed by atoms with E-state index >= 15 is 0 Å². The van der Waals surface area contributed by atoms with Crippen molar-refractivity contribution in [1.29, 1.82) is 0 Å². The number of hydrogen-bond donors (Lipinski definition) is 1. The van der Waals surface area contributed by atoms with Crippen LogP contribution in [0, 0.1) is 0 Å². The average Bonchev–Trinajstić information content (AvgIpc) is 2.72. The van der Waals surface area contributed by atoms with Gasteiger partial charge >= 0.3 is 12.6 Å². The molecule has 0 aliphatic carbocycles. The van der Waals surface area contributed by atoms with Gasteiger partial charge in [0.25, 0.3) is 5.91 Å². The molecule has 2 rings (SSSR count). The van der Waals surface area contributed by atoms with Crippen molar-refractivity contribution >= 4 is 18.0 Å². The first-order valence-corrected chi connectivity index (χ1v) is 9.29. The van der Waals surface area contributed by atoms with E-state index in [0.717, 1.165) is 11.6 Å². The van der Waals surface area contributed by atoms with Crippen LogP contribution in [-0.4, -0.2) is 31.7 Å². The summed E-state index contributed by atoms with van der Waals surface area (Å²) in [5.41, 5.74) is 1.45. The van der Waals surface area contributed by atoms with Crippen molar-refractivity contribution in [3.8, 4) is 11.5 Å². The lowest BCUT2D eigenvalue weighted by atomic mass is 10.1. The Balaban J connectivity index is 1.88. The predicted octanol–water partition coefficient (Wildman–Crippen LogP) is 4.12. The molecule has 2 aromatic carbocycles. The third-order valence-electron chi connectivity index (χ3n) is 3.92. The van der Waals surface area contributed by atoms with Gasteiger partial charge in [-0.25, -0.2) is 4.79 Å². The van der Waals surface area contributed by atoms with Crippen LogP contribution in [0.4, 0.5) is 8.78 Å². The van der Waals surface area contributed by atoms with E-state index in [1.807, 2.05) is 37.3 Å². The molecule has 2 aromatic rings. The van der Waals surface area contributed by atoms with Crippen molar-refractivity contribution in [3.05, 3.63) is 65.7 Å². The highest BCUT2D eigenvalue weighted by molar-refractivity contribution is 5.89. The molecule has 0 saturated heterocycles. The number of nitrogens with one attached hydrogen (secondary N) is 1. The number of halogens is 2. The maximum atomic E-state index is 12.4. The Kier molecular flexibility index (Phi) is 8.80. The van der Waals surface area contributed by atoms with Gasteiger partial charge in [0.15, 0.2) is 18.1 Å². The summed E-state index contributed by atoms with van der Waals surface area (Å²) in [6, 6.07) is 13.4. The molecular weight excluding hydrogens is 396 g/mol. The van der Waals surface area contributed by atoms with E-state index in [2.05, 4.69) is 10.1 Å². The second-order valence-electron chi connectivity index (χ2n) is 6.16. The molecule has 0 unspecified atom stereocenters. The molecule has 160 valence electrons. The van der Waals surface area contributed by atoms with E-state index in [1.165, 1.54) is 24.3 Å². The minimum absolute atomic E-state index is 0.101. The Labute approximate surface area is 173 Å². The molecule has 1 amide bonds. The number of rotatable bonds is 10. The lowest BCUT2D eigenvalue weighted by molar-refractivity contribution is -0.144. The van der Waals surface area contributed by atoms with E-state index < -0.39 is 25.1 Å². The van der Waals surface area contributed by atoms with Gasteiger partial charge in [-0.1, -0.05) is 36.4 Å². The number of carbonyl (C=O) groups is 2. The number of amides is 1. The Hall–Kier alpha value is -3.42. The summed E-state index contributed by atoms with van der Waals surface area (Å²) in [5, 5.41) is 2.74. The molecule has 0 saturated carbocycles. The molecule has 0 heterocycles. The smallest absolute Gasteiger partial charge is 0.387 e. The highest BCUT2D eigenvalue weighted by Gasteiger charge is 2.12.